The van der Waals surface area contributed by atoms with E-state index in [0.717, 1.165) is 23.0 Å². The van der Waals surface area contributed by atoms with Crippen LogP contribution in [0, 0.1) is 33.4 Å². The van der Waals surface area contributed by atoms with Crippen molar-refractivity contribution >= 4 is 122 Å². The number of rotatable bonds is 29. The van der Waals surface area contributed by atoms with Crippen LogP contribution in [-0.4, -0.2) is 163 Å². The van der Waals surface area contributed by atoms with Crippen LogP contribution in [0.4, 0.5) is 65.1 Å². The van der Waals surface area contributed by atoms with Gasteiger partial charge >= 0.3 is 11.5 Å². The Morgan fingerprint density at radius 1 is 0.701 bits per heavy atom. The number of anilines is 1. The Hall–Kier alpha value is -7.72. The molecule has 594 valence electrons. The van der Waals surface area contributed by atoms with Gasteiger partial charge in [0.25, 0.3) is 23.5 Å². The number of nitrogens with zero attached hydrogens (tertiary/aromatic N) is 10. The minimum Gasteiger partial charge on any atom is -0.447 e. The lowest BCUT2D eigenvalue weighted by molar-refractivity contribution is -0.384. The second-order valence-corrected chi connectivity index (χ2v) is 23.3. The molecule has 1 fully saturated rings. The Balaban J connectivity index is 0. The Kier molecular flexibility index (Phi) is 50.3. The molecule has 0 saturated carbocycles. The number of nitro groups is 1. The molecule has 0 radical (unpaired) electrons. The highest BCUT2D eigenvalue weighted by molar-refractivity contribution is 7.59. The summed E-state index contributed by atoms with van der Waals surface area (Å²) in [7, 11) is 4.06. The number of non-ortho nitro benzene ring substituents is 1. The van der Waals surface area contributed by atoms with E-state index >= 15 is 0 Å². The number of hydrogen-bond acceptors (Lipinski definition) is 18. The topological polar surface area (TPSA) is 386 Å². The van der Waals surface area contributed by atoms with Crippen LogP contribution in [-0.2, 0) is 38.4 Å². The third kappa shape index (κ3) is 39.8. The summed E-state index contributed by atoms with van der Waals surface area (Å²) in [6.45, 7) is -2.26. The molecule has 107 heavy (non-hydrogen) atoms. The van der Waals surface area contributed by atoms with Gasteiger partial charge < -0.3 is 55.5 Å². The summed E-state index contributed by atoms with van der Waals surface area (Å²) in [5.74, 6) is -12.9. The molecule has 0 aliphatic carbocycles. The number of nitro benzene ring substituents is 1. The molecule has 1 aliphatic rings. The van der Waals surface area contributed by atoms with Gasteiger partial charge in [-0.1, -0.05) is 98.7 Å². The van der Waals surface area contributed by atoms with E-state index in [1.165, 1.54) is 113 Å². The maximum absolute atomic E-state index is 14.1. The molecule has 1 aliphatic heterocycles. The van der Waals surface area contributed by atoms with Crippen molar-refractivity contribution in [3.05, 3.63) is 195 Å². The smallest absolute Gasteiger partial charge is 0.414 e. The molecule has 43 heteroatoms. The molecule has 3 amide bonds. The summed E-state index contributed by atoms with van der Waals surface area (Å²) in [5.41, 5.74) is 27.4. The second kappa shape index (κ2) is 53.2. The average molecular weight is 1670 g/mol. The van der Waals surface area contributed by atoms with Crippen LogP contribution < -0.4 is 26.8 Å². The van der Waals surface area contributed by atoms with Crippen molar-refractivity contribution in [2.45, 2.75) is 100 Å². The van der Waals surface area contributed by atoms with Gasteiger partial charge in [-0.2, -0.15) is 40.5 Å². The molecule has 3 atom stereocenters. The second-order valence-electron chi connectivity index (χ2n) is 21.9. The molecular formula is C64H80Cl4F10N14O12S3. The van der Waals surface area contributed by atoms with Crippen LogP contribution in [0.25, 0.3) is 32.1 Å². The Morgan fingerprint density at radius 2 is 1.17 bits per heavy atom. The maximum Gasteiger partial charge on any atom is 0.414 e. The van der Waals surface area contributed by atoms with E-state index in [1.54, 1.807) is 30.3 Å². The minimum atomic E-state index is -3.35. The average Bonchev–Trinajstić information content (AvgIpc) is 1.65. The highest BCUT2D eigenvalue weighted by atomic mass is 35.5. The Bertz CT molecular complexity index is 3780. The number of aliphatic hydroxyl groups excluding tert-OH is 2. The summed E-state index contributed by atoms with van der Waals surface area (Å²) >= 11 is 22.2. The zero-order chi connectivity index (χ0) is 78.2. The molecule has 8 N–H and O–H groups in total. The Morgan fingerprint density at radius 3 is 1.58 bits per heavy atom. The summed E-state index contributed by atoms with van der Waals surface area (Å²) in [5, 5.41) is 42.2. The number of halogens is 14. The van der Waals surface area contributed by atoms with Gasteiger partial charge in [0.15, 0.2) is 0 Å². The molecule has 1 saturated heterocycles. The summed E-state index contributed by atoms with van der Waals surface area (Å²) < 4.78 is 154. The van der Waals surface area contributed by atoms with Crippen LogP contribution >= 0.6 is 86.9 Å². The SMILES string of the molecule is C1CCOC1.CN(C(=O)CCc1cccc(F)c1Cl)[C@H](CO)CC(F)(F)CN=[N+]=[N-].CN(C(=O)CCc1cccc(F)c1Cl)[C@H](COC(=O)Nc1cc(-c2cccc(F)c2)no1)CC(F)(F)CN.CN[C@H](CO)CC(F)(F)CN=[N+]=[N-].NCc1cccc(F)c1Cl.O=C(Cl)Oc1ccc([N+](=O)[O-])cc1.S.S.S. The number of benzene rings is 5. The van der Waals surface area contributed by atoms with Gasteiger partial charge in [0.1, 0.15) is 41.3 Å². The van der Waals surface area contributed by atoms with Gasteiger partial charge in [0.2, 0.25) is 17.7 Å². The van der Waals surface area contributed by atoms with Crippen molar-refractivity contribution in [3.63, 3.8) is 0 Å². The number of amides is 3. The van der Waals surface area contributed by atoms with Crippen LogP contribution in [0.5, 0.6) is 5.75 Å². The van der Waals surface area contributed by atoms with Gasteiger partial charge in [0, 0.05) is 117 Å². The normalized spacial score (nSPS) is 12.0. The number of alkyl halides is 6. The van der Waals surface area contributed by atoms with Crippen molar-refractivity contribution in [1.82, 2.24) is 20.3 Å². The van der Waals surface area contributed by atoms with Gasteiger partial charge in [-0.15, -0.1) is 0 Å². The first-order valence-corrected chi connectivity index (χ1v) is 32.2. The summed E-state index contributed by atoms with van der Waals surface area (Å²) in [6, 6.07) is 21.8. The van der Waals surface area contributed by atoms with Crippen molar-refractivity contribution in [2.75, 3.05) is 79.1 Å². The van der Waals surface area contributed by atoms with Crippen molar-refractivity contribution in [3.8, 4) is 17.0 Å². The molecule has 0 bridgehead atoms. The lowest BCUT2D eigenvalue weighted by Crippen LogP contribution is -2.46. The fraction of sp³-hybridized carbons (Fsp3) is 0.422. The molecule has 1 aromatic heterocycles. The molecule has 2 heterocycles. The number of carbonyl (C=O) groups is 4. The monoisotopic (exact) mass is 1660 g/mol. The zero-order valence-corrected chi connectivity index (χ0v) is 63.3. The number of hydrogen-bond donors (Lipinski definition) is 6. The van der Waals surface area contributed by atoms with Crippen LogP contribution in [0.2, 0.25) is 15.1 Å². The van der Waals surface area contributed by atoms with Gasteiger partial charge in [-0.3, -0.25) is 25.0 Å². The van der Waals surface area contributed by atoms with Gasteiger partial charge in [-0.25, -0.2) is 53.5 Å². The van der Waals surface area contributed by atoms with E-state index in [2.05, 4.69) is 40.6 Å². The number of likely N-dealkylation sites (N-methyl/N-ethyl adjacent to an activating group) is 3. The number of aryl methyl sites for hydroxylation is 2. The highest BCUT2D eigenvalue weighted by Crippen LogP contribution is 2.29. The van der Waals surface area contributed by atoms with Crippen molar-refractivity contribution in [1.29, 1.82) is 0 Å². The lowest BCUT2D eigenvalue weighted by Gasteiger charge is -2.30. The summed E-state index contributed by atoms with van der Waals surface area (Å²) in [6.07, 6.45) is -0.792. The van der Waals surface area contributed by atoms with Gasteiger partial charge in [0.05, 0.1) is 64.9 Å². The van der Waals surface area contributed by atoms with E-state index in [4.69, 9.17) is 88.0 Å². The molecule has 0 spiro atoms. The fourth-order valence-corrected chi connectivity index (χ4v) is 9.25. The number of carbonyl (C=O) groups excluding carboxylic acids is 4. The number of nitrogens with two attached hydrogens (primary N) is 2. The van der Waals surface area contributed by atoms with Gasteiger partial charge in [-0.05, 0) is 103 Å². The number of aliphatic hydroxyl groups is 2. The van der Waals surface area contributed by atoms with Crippen molar-refractivity contribution in [2.24, 2.45) is 21.7 Å². The minimum absolute atomic E-state index is 0. The largest absolute Gasteiger partial charge is 0.447 e. The first kappa shape index (κ1) is 101. The van der Waals surface area contributed by atoms with E-state index in [-0.39, 0.29) is 117 Å². The zero-order valence-electron chi connectivity index (χ0n) is 57.2. The molecule has 0 unspecified atom stereocenters. The van der Waals surface area contributed by atoms with Crippen LogP contribution in [0.15, 0.2) is 124 Å². The first-order chi connectivity index (χ1) is 49.1. The first-order valence-electron chi connectivity index (χ1n) is 30.7. The molecule has 5 aromatic carbocycles. The van der Waals surface area contributed by atoms with E-state index < -0.39 is 140 Å². The predicted octanol–water partition coefficient (Wildman–Crippen LogP) is 15.1. The van der Waals surface area contributed by atoms with Crippen LogP contribution in [0.1, 0.15) is 61.6 Å². The third-order valence-electron chi connectivity index (χ3n) is 14.2. The number of azide groups is 2. The molecule has 26 nitrogen and oxygen atoms in total. The Labute approximate surface area is 648 Å². The lowest BCUT2D eigenvalue weighted by atomic mass is 10.1. The standard InChI is InChI=1S/C25H25ClF4N4O4.C15H18ClF3N4O2.C7H7ClFN.C7H4ClNO4.C6H12F2N4O.C4H8O.3H2S/c1-34(22(35)9-8-15-4-3-7-19(28)23(15)26)18(12-25(29,30)14-31)13-37-24(36)32-21-11-20(33-38-21)16-5-2-6-17(27)10-16;1-23(11(8-24)7-15(18,19)9-21-22-20)13(25)6-5-10-3-2-4-12(17)14(10)16;8-7-5(4-10)2-1-3-6(7)9;8-7(10)13-6-3-1-5(2-4-6)9(11)12;1-10-5(3-13)2-6(7,8)4-11-12-9;1-2-4-5-3-1;;;/h2-7,10-11,18H,8-9,12-14,31H2,1H3,(H,32,36);2-4,11,24H,5-9H2,1H3;1-3H,4,10H2;1-4H;5,10,13H,2-4H2,1H3;1-4H2;3*1H2/t18-;11-;;;5-;;;;/m00..0..../s1. The third-order valence-corrected chi connectivity index (χ3v) is 15.6. The van der Waals surface area contributed by atoms with E-state index in [1.807, 2.05) is 0 Å². The van der Waals surface area contributed by atoms with Crippen molar-refractivity contribution < 1.29 is 97.0 Å². The quantitative estimate of drug-likeness (QED) is 0.00483. The molecule has 6 aromatic rings. The van der Waals surface area contributed by atoms with E-state index in [0.29, 0.717) is 22.3 Å². The maximum atomic E-state index is 14.1. The molecule has 7 rings (SSSR count). The summed E-state index contributed by atoms with van der Waals surface area (Å²) in [4.78, 5) is 63.6. The number of ether oxygens (including phenoxy) is 3. The predicted molar refractivity (Wildman–Crippen MR) is 398 cm³/mol. The molecular weight excluding hydrogens is 1580 g/mol. The fourth-order valence-electron chi connectivity index (χ4n) is 8.52. The number of aromatic nitrogens is 1. The van der Waals surface area contributed by atoms with E-state index in [9.17, 15) is 78.3 Å². The van der Waals surface area contributed by atoms with Crippen LogP contribution in [0.3, 0.4) is 0 Å². The number of nitrogens with one attached hydrogen (secondary N) is 2. The highest BCUT2D eigenvalue weighted by Gasteiger charge is 2.37.